The number of methoxy groups -OCH3 is 2. The molecule has 1 aliphatic rings. The van der Waals surface area contributed by atoms with E-state index >= 15 is 0 Å². The number of imide groups is 1. The van der Waals surface area contributed by atoms with Crippen molar-refractivity contribution in [3.8, 4) is 11.5 Å². The number of para-hydroxylation sites is 1. The van der Waals surface area contributed by atoms with Crippen LogP contribution in [0.4, 0.5) is 4.79 Å². The standard InChI is InChI=1S/C26H22N2O9/c1-34-20-8-4-6-16(22(20)36-14-15-5-3-7-17(11-15)24(30)31)12-19-23(29)28(26(33)27-19)13-18-9-10-21(37-18)25(32)35-2/h3-12H,13-14H2,1-2H3,(H,27,33)(H,30,31)/b19-12+. The van der Waals surface area contributed by atoms with Crippen LogP contribution in [-0.2, 0) is 22.7 Å². The van der Waals surface area contributed by atoms with Crippen LogP contribution in [0.3, 0.4) is 0 Å². The average Bonchev–Trinajstić information content (AvgIpc) is 3.47. The Bertz CT molecular complexity index is 1410. The number of carbonyl (C=O) groups is 4. The van der Waals surface area contributed by atoms with Crippen LogP contribution in [0.25, 0.3) is 6.08 Å². The van der Waals surface area contributed by atoms with Gasteiger partial charge in [0.1, 0.15) is 18.1 Å². The summed E-state index contributed by atoms with van der Waals surface area (Å²) in [6, 6.07) is 13.5. The van der Waals surface area contributed by atoms with E-state index in [2.05, 4.69) is 10.1 Å². The van der Waals surface area contributed by atoms with Crippen molar-refractivity contribution in [2.24, 2.45) is 0 Å². The van der Waals surface area contributed by atoms with Crippen molar-refractivity contribution in [3.05, 3.63) is 88.5 Å². The number of benzene rings is 2. The number of nitrogens with one attached hydrogen (secondary N) is 1. The molecule has 2 heterocycles. The second kappa shape index (κ2) is 10.7. The van der Waals surface area contributed by atoms with Crippen LogP contribution < -0.4 is 14.8 Å². The fraction of sp³-hybridized carbons (Fsp3) is 0.154. The highest BCUT2D eigenvalue weighted by Crippen LogP contribution is 2.34. The van der Waals surface area contributed by atoms with Crippen molar-refractivity contribution in [3.63, 3.8) is 0 Å². The number of amides is 3. The largest absolute Gasteiger partial charge is 0.493 e. The molecule has 11 nitrogen and oxygen atoms in total. The first-order chi connectivity index (χ1) is 17.8. The van der Waals surface area contributed by atoms with Gasteiger partial charge in [-0.05, 0) is 42.0 Å². The van der Waals surface area contributed by atoms with Gasteiger partial charge in [-0.1, -0.05) is 24.3 Å². The molecule has 0 unspecified atom stereocenters. The number of carboxylic acids is 1. The lowest BCUT2D eigenvalue weighted by Crippen LogP contribution is -2.30. The van der Waals surface area contributed by atoms with Crippen molar-refractivity contribution in [2.75, 3.05) is 14.2 Å². The lowest BCUT2D eigenvalue weighted by atomic mass is 10.1. The minimum atomic E-state index is -1.05. The number of nitrogens with zero attached hydrogens (tertiary/aromatic N) is 1. The quantitative estimate of drug-likeness (QED) is 0.253. The van der Waals surface area contributed by atoms with Gasteiger partial charge in [-0.15, -0.1) is 0 Å². The van der Waals surface area contributed by atoms with Crippen molar-refractivity contribution >= 4 is 30.0 Å². The highest BCUT2D eigenvalue weighted by atomic mass is 16.5. The lowest BCUT2D eigenvalue weighted by molar-refractivity contribution is -0.123. The number of carboxylic acid groups (broad SMARTS) is 1. The van der Waals surface area contributed by atoms with Gasteiger partial charge in [-0.3, -0.25) is 9.69 Å². The van der Waals surface area contributed by atoms with Crippen molar-refractivity contribution in [1.82, 2.24) is 10.2 Å². The summed E-state index contributed by atoms with van der Waals surface area (Å²) in [7, 11) is 2.67. The van der Waals surface area contributed by atoms with Crippen LogP contribution in [0, 0.1) is 0 Å². The third kappa shape index (κ3) is 5.45. The Morgan fingerprint density at radius 2 is 1.86 bits per heavy atom. The summed E-state index contributed by atoms with van der Waals surface area (Å²) in [5.41, 5.74) is 1.18. The third-order valence-corrected chi connectivity index (χ3v) is 5.41. The molecule has 0 radical (unpaired) electrons. The van der Waals surface area contributed by atoms with Crippen molar-refractivity contribution in [1.29, 1.82) is 0 Å². The highest BCUT2D eigenvalue weighted by molar-refractivity contribution is 6.14. The molecule has 1 fully saturated rings. The molecule has 2 N–H and O–H groups in total. The maximum atomic E-state index is 13.0. The SMILES string of the molecule is COC(=O)c1ccc(CN2C(=O)N/C(=C/c3cccc(OC)c3OCc3cccc(C(=O)O)c3)C2=O)o1. The van der Waals surface area contributed by atoms with E-state index in [9.17, 15) is 24.3 Å². The number of aromatic carboxylic acids is 1. The number of ether oxygens (including phenoxy) is 3. The molecule has 0 saturated carbocycles. The Labute approximate surface area is 210 Å². The smallest absolute Gasteiger partial charge is 0.373 e. The minimum absolute atomic E-state index is 0.00396. The summed E-state index contributed by atoms with van der Waals surface area (Å²) < 4.78 is 21.3. The van der Waals surface area contributed by atoms with E-state index in [1.54, 1.807) is 30.3 Å². The van der Waals surface area contributed by atoms with Gasteiger partial charge < -0.3 is 29.1 Å². The molecule has 0 bridgehead atoms. The van der Waals surface area contributed by atoms with E-state index in [1.165, 1.54) is 44.6 Å². The Balaban J connectivity index is 1.56. The van der Waals surface area contributed by atoms with Crippen LogP contribution in [0.2, 0.25) is 0 Å². The highest BCUT2D eigenvalue weighted by Gasteiger charge is 2.34. The van der Waals surface area contributed by atoms with Crippen molar-refractivity contribution in [2.45, 2.75) is 13.2 Å². The first kappa shape index (κ1) is 25.0. The van der Waals surface area contributed by atoms with Gasteiger partial charge in [0.25, 0.3) is 5.91 Å². The summed E-state index contributed by atoms with van der Waals surface area (Å²) in [5.74, 6) is -1.49. The molecule has 3 aromatic rings. The number of hydrogen-bond donors (Lipinski definition) is 2. The number of carbonyl (C=O) groups excluding carboxylic acids is 3. The topological polar surface area (TPSA) is 145 Å². The van der Waals surface area contributed by atoms with Gasteiger partial charge in [-0.25, -0.2) is 14.4 Å². The molecule has 1 aromatic heterocycles. The number of urea groups is 1. The molecule has 37 heavy (non-hydrogen) atoms. The van der Waals surface area contributed by atoms with Gasteiger partial charge in [0.2, 0.25) is 5.76 Å². The molecule has 4 rings (SSSR count). The summed E-state index contributed by atoms with van der Waals surface area (Å²) in [4.78, 5) is 49.3. The molecule has 0 aliphatic carbocycles. The molecule has 0 spiro atoms. The predicted octanol–water partition coefficient (Wildman–Crippen LogP) is 3.44. The Morgan fingerprint density at radius 1 is 1.08 bits per heavy atom. The summed E-state index contributed by atoms with van der Waals surface area (Å²) >= 11 is 0. The number of rotatable bonds is 9. The molecule has 2 aromatic carbocycles. The number of hydrogen-bond acceptors (Lipinski definition) is 8. The lowest BCUT2D eigenvalue weighted by Gasteiger charge is -2.14. The van der Waals surface area contributed by atoms with E-state index in [0.29, 0.717) is 22.6 Å². The fourth-order valence-corrected chi connectivity index (χ4v) is 3.61. The van der Waals surface area contributed by atoms with Gasteiger partial charge in [-0.2, -0.15) is 0 Å². The van der Waals surface area contributed by atoms with Gasteiger partial charge in [0.05, 0.1) is 26.3 Å². The molecule has 0 atom stereocenters. The summed E-state index contributed by atoms with van der Waals surface area (Å²) in [6.45, 7) is -0.161. The monoisotopic (exact) mass is 506 g/mol. The molecule has 3 amide bonds. The Kier molecular flexibility index (Phi) is 7.23. The second-order valence-corrected chi connectivity index (χ2v) is 7.81. The van der Waals surface area contributed by atoms with Crippen LogP contribution in [-0.4, -0.2) is 48.1 Å². The van der Waals surface area contributed by atoms with Crippen LogP contribution in [0.1, 0.15) is 37.8 Å². The van der Waals surface area contributed by atoms with E-state index in [0.717, 1.165) is 4.90 Å². The zero-order chi connectivity index (χ0) is 26.5. The summed E-state index contributed by atoms with van der Waals surface area (Å²) in [6.07, 6.45) is 1.45. The second-order valence-electron chi connectivity index (χ2n) is 7.81. The van der Waals surface area contributed by atoms with E-state index in [1.807, 2.05) is 0 Å². The molecule has 190 valence electrons. The third-order valence-electron chi connectivity index (χ3n) is 5.41. The van der Waals surface area contributed by atoms with Crippen LogP contribution in [0.5, 0.6) is 11.5 Å². The van der Waals surface area contributed by atoms with Gasteiger partial charge in [0.15, 0.2) is 11.5 Å². The van der Waals surface area contributed by atoms with E-state index in [4.69, 9.17) is 13.9 Å². The fourth-order valence-electron chi connectivity index (χ4n) is 3.61. The summed E-state index contributed by atoms with van der Waals surface area (Å²) in [5, 5.41) is 11.7. The zero-order valence-electron chi connectivity index (χ0n) is 19.8. The molecular weight excluding hydrogens is 484 g/mol. The molecular formula is C26H22N2O9. The molecule has 1 saturated heterocycles. The van der Waals surface area contributed by atoms with Crippen molar-refractivity contribution < 1.29 is 42.9 Å². The maximum Gasteiger partial charge on any atom is 0.373 e. The normalized spacial score (nSPS) is 14.0. The number of furan rings is 1. The number of esters is 1. The predicted molar refractivity (Wildman–Crippen MR) is 128 cm³/mol. The Hall–Kier alpha value is -5.06. The molecule has 1 aliphatic heterocycles. The zero-order valence-corrected chi connectivity index (χ0v) is 19.8. The molecule has 11 heteroatoms. The van der Waals surface area contributed by atoms with E-state index < -0.39 is 23.9 Å². The average molecular weight is 506 g/mol. The van der Waals surface area contributed by atoms with Crippen LogP contribution >= 0.6 is 0 Å². The van der Waals surface area contributed by atoms with Crippen LogP contribution in [0.15, 0.2) is 64.7 Å². The first-order valence-electron chi connectivity index (χ1n) is 10.9. The minimum Gasteiger partial charge on any atom is -0.493 e. The van der Waals surface area contributed by atoms with Gasteiger partial charge in [0, 0.05) is 5.56 Å². The first-order valence-corrected chi connectivity index (χ1v) is 10.9. The Morgan fingerprint density at radius 3 is 2.59 bits per heavy atom. The van der Waals surface area contributed by atoms with E-state index in [-0.39, 0.29) is 35.9 Å². The maximum absolute atomic E-state index is 13.0. The van der Waals surface area contributed by atoms with Gasteiger partial charge >= 0.3 is 18.0 Å².